The Kier molecular flexibility index (Phi) is 2.81. The first-order valence-corrected chi connectivity index (χ1v) is 5.15. The maximum Gasteiger partial charge on any atom is 0.203 e. The van der Waals surface area contributed by atoms with E-state index < -0.39 is 0 Å². The molecule has 1 aromatic rings. The molecule has 76 valence electrons. The molecule has 4 nitrogen and oxygen atoms in total. The molecule has 1 fully saturated rings. The number of aromatic nitrogens is 2. The van der Waals surface area contributed by atoms with Gasteiger partial charge in [0.2, 0.25) is 5.95 Å². The molecule has 0 bridgehead atoms. The number of aromatic amines is 1. The van der Waals surface area contributed by atoms with Gasteiger partial charge < -0.3 is 9.88 Å². The number of nitrogens with one attached hydrogen (secondary N) is 1. The average Bonchev–Trinajstić information content (AvgIpc) is 2.53. The van der Waals surface area contributed by atoms with E-state index in [-0.39, 0.29) is 0 Å². The van der Waals surface area contributed by atoms with Gasteiger partial charge in [-0.3, -0.25) is 4.79 Å². The van der Waals surface area contributed by atoms with Gasteiger partial charge in [0.1, 0.15) is 0 Å². The molecule has 1 aromatic heterocycles. The second-order valence-corrected chi connectivity index (χ2v) is 3.68. The minimum Gasteiger partial charge on any atom is -0.342 e. The molecule has 0 aliphatic carbocycles. The molecule has 0 aromatic carbocycles. The monoisotopic (exact) mass is 193 g/mol. The van der Waals surface area contributed by atoms with Crippen LogP contribution in [0.1, 0.15) is 36.2 Å². The van der Waals surface area contributed by atoms with Gasteiger partial charge in [-0.05, 0) is 12.8 Å². The molecule has 2 rings (SSSR count). The summed E-state index contributed by atoms with van der Waals surface area (Å²) in [6, 6.07) is 0. The van der Waals surface area contributed by atoms with Crippen LogP contribution in [0, 0.1) is 0 Å². The summed E-state index contributed by atoms with van der Waals surface area (Å²) in [4.78, 5) is 19.9. The predicted molar refractivity (Wildman–Crippen MR) is 54.7 cm³/mol. The third kappa shape index (κ3) is 1.95. The Morgan fingerprint density at radius 1 is 1.29 bits per heavy atom. The molecule has 0 saturated carbocycles. The van der Waals surface area contributed by atoms with Gasteiger partial charge in [-0.15, -0.1) is 0 Å². The zero-order valence-electron chi connectivity index (χ0n) is 8.20. The second-order valence-electron chi connectivity index (χ2n) is 3.68. The number of carbonyl (C=O) groups excluding carboxylic acids is 1. The highest BCUT2D eigenvalue weighted by Crippen LogP contribution is 2.15. The van der Waals surface area contributed by atoms with Gasteiger partial charge in [-0.25, -0.2) is 4.98 Å². The normalized spacial score (nSPS) is 17.9. The molecular formula is C10H15N3O. The zero-order chi connectivity index (χ0) is 9.80. The largest absolute Gasteiger partial charge is 0.342 e. The van der Waals surface area contributed by atoms with Crippen LogP contribution >= 0.6 is 0 Å². The quantitative estimate of drug-likeness (QED) is 0.726. The average molecular weight is 193 g/mol. The van der Waals surface area contributed by atoms with Gasteiger partial charge in [-0.1, -0.05) is 12.8 Å². The number of anilines is 1. The van der Waals surface area contributed by atoms with Crippen LogP contribution in [0.5, 0.6) is 0 Å². The Morgan fingerprint density at radius 2 is 2.00 bits per heavy atom. The number of rotatable bonds is 2. The lowest BCUT2D eigenvalue weighted by molar-refractivity contribution is 0.111. The van der Waals surface area contributed by atoms with E-state index in [1.807, 2.05) is 0 Å². The summed E-state index contributed by atoms with van der Waals surface area (Å²) >= 11 is 0. The van der Waals surface area contributed by atoms with Gasteiger partial charge in [-0.2, -0.15) is 0 Å². The zero-order valence-corrected chi connectivity index (χ0v) is 8.20. The summed E-state index contributed by atoms with van der Waals surface area (Å²) in [6.07, 6.45) is 7.44. The standard InChI is InChI=1S/C10H15N3O/c14-8-9-7-11-10(12-9)13-5-3-1-2-4-6-13/h7-8H,1-6H2,(H,11,12). The van der Waals surface area contributed by atoms with Crippen molar-refractivity contribution in [2.45, 2.75) is 25.7 Å². The minimum absolute atomic E-state index is 0.559. The maximum atomic E-state index is 10.5. The molecule has 1 saturated heterocycles. The molecule has 0 unspecified atom stereocenters. The van der Waals surface area contributed by atoms with E-state index in [0.717, 1.165) is 25.3 Å². The number of hydrogen-bond donors (Lipinski definition) is 1. The van der Waals surface area contributed by atoms with Crippen LogP contribution in [0.4, 0.5) is 5.95 Å². The highest BCUT2D eigenvalue weighted by Gasteiger charge is 2.12. The summed E-state index contributed by atoms with van der Waals surface area (Å²) in [6.45, 7) is 2.09. The summed E-state index contributed by atoms with van der Waals surface area (Å²) in [7, 11) is 0. The fourth-order valence-corrected chi connectivity index (χ4v) is 1.83. The van der Waals surface area contributed by atoms with Crippen molar-refractivity contribution in [3.8, 4) is 0 Å². The first-order valence-electron chi connectivity index (χ1n) is 5.15. The number of hydrogen-bond acceptors (Lipinski definition) is 3. The summed E-state index contributed by atoms with van der Waals surface area (Å²) in [5.74, 6) is 0.842. The van der Waals surface area contributed by atoms with Crippen LogP contribution in [-0.2, 0) is 0 Å². The molecule has 14 heavy (non-hydrogen) atoms. The molecule has 0 atom stereocenters. The van der Waals surface area contributed by atoms with Crippen molar-refractivity contribution in [3.05, 3.63) is 11.9 Å². The van der Waals surface area contributed by atoms with Gasteiger partial charge in [0.15, 0.2) is 6.29 Å². The number of imidazole rings is 1. The van der Waals surface area contributed by atoms with E-state index in [0.29, 0.717) is 5.69 Å². The van der Waals surface area contributed by atoms with E-state index in [1.54, 1.807) is 6.20 Å². The van der Waals surface area contributed by atoms with E-state index in [4.69, 9.17) is 0 Å². The van der Waals surface area contributed by atoms with Crippen molar-refractivity contribution in [1.29, 1.82) is 0 Å². The molecule has 0 amide bonds. The molecule has 0 radical (unpaired) electrons. The Morgan fingerprint density at radius 3 is 2.57 bits per heavy atom. The number of carbonyl (C=O) groups is 1. The molecule has 1 N–H and O–H groups in total. The lowest BCUT2D eigenvalue weighted by Crippen LogP contribution is -2.24. The van der Waals surface area contributed by atoms with Crippen LogP contribution in [0.15, 0.2) is 6.20 Å². The lowest BCUT2D eigenvalue weighted by Gasteiger charge is -2.18. The molecule has 1 aliphatic heterocycles. The summed E-state index contributed by atoms with van der Waals surface area (Å²) in [5.41, 5.74) is 0.559. The van der Waals surface area contributed by atoms with Crippen molar-refractivity contribution in [2.24, 2.45) is 0 Å². The van der Waals surface area contributed by atoms with Crippen molar-refractivity contribution in [1.82, 2.24) is 9.97 Å². The highest BCUT2D eigenvalue weighted by atomic mass is 16.1. The van der Waals surface area contributed by atoms with Crippen LogP contribution in [0.3, 0.4) is 0 Å². The topological polar surface area (TPSA) is 49.0 Å². The van der Waals surface area contributed by atoms with E-state index >= 15 is 0 Å². The molecular weight excluding hydrogens is 178 g/mol. The van der Waals surface area contributed by atoms with Crippen LogP contribution in [-0.4, -0.2) is 29.3 Å². The third-order valence-electron chi connectivity index (χ3n) is 2.61. The smallest absolute Gasteiger partial charge is 0.203 e. The Labute approximate surface area is 83.3 Å². The summed E-state index contributed by atoms with van der Waals surface area (Å²) < 4.78 is 0. The maximum absolute atomic E-state index is 10.5. The first-order chi connectivity index (χ1) is 6.90. The number of H-pyrrole nitrogens is 1. The molecule has 1 aliphatic rings. The van der Waals surface area contributed by atoms with E-state index in [1.165, 1.54) is 25.7 Å². The van der Waals surface area contributed by atoms with Crippen LogP contribution < -0.4 is 4.90 Å². The fraction of sp³-hybridized carbons (Fsp3) is 0.600. The summed E-state index contributed by atoms with van der Waals surface area (Å²) in [5, 5.41) is 0. The van der Waals surface area contributed by atoms with Crippen molar-refractivity contribution in [3.63, 3.8) is 0 Å². The van der Waals surface area contributed by atoms with E-state index in [9.17, 15) is 4.79 Å². The molecule has 0 spiro atoms. The van der Waals surface area contributed by atoms with Gasteiger partial charge in [0, 0.05) is 13.1 Å². The lowest BCUT2D eigenvalue weighted by atomic mass is 10.2. The van der Waals surface area contributed by atoms with Gasteiger partial charge in [0.25, 0.3) is 0 Å². The second kappa shape index (κ2) is 4.26. The first kappa shape index (κ1) is 9.24. The number of nitrogens with zero attached hydrogens (tertiary/aromatic N) is 2. The Hall–Kier alpha value is -1.32. The Bertz CT molecular complexity index is 300. The van der Waals surface area contributed by atoms with Gasteiger partial charge >= 0.3 is 0 Å². The third-order valence-corrected chi connectivity index (χ3v) is 2.61. The fourth-order valence-electron chi connectivity index (χ4n) is 1.83. The van der Waals surface area contributed by atoms with Crippen LogP contribution in [0.25, 0.3) is 0 Å². The van der Waals surface area contributed by atoms with E-state index in [2.05, 4.69) is 14.9 Å². The van der Waals surface area contributed by atoms with Gasteiger partial charge in [0.05, 0.1) is 11.9 Å². The predicted octanol–water partition coefficient (Wildman–Crippen LogP) is 1.60. The van der Waals surface area contributed by atoms with Crippen molar-refractivity contribution < 1.29 is 4.79 Å². The highest BCUT2D eigenvalue weighted by molar-refractivity contribution is 5.72. The molecule has 2 heterocycles. The molecule has 4 heteroatoms. The Balaban J connectivity index is 2.08. The SMILES string of the molecule is O=Cc1cnc(N2CCCCCC2)[nH]1. The van der Waals surface area contributed by atoms with Crippen molar-refractivity contribution in [2.75, 3.05) is 18.0 Å². The number of aldehydes is 1. The van der Waals surface area contributed by atoms with Crippen LogP contribution in [0.2, 0.25) is 0 Å². The van der Waals surface area contributed by atoms with Crippen molar-refractivity contribution >= 4 is 12.2 Å². The minimum atomic E-state index is 0.559.